The summed E-state index contributed by atoms with van der Waals surface area (Å²) in [6, 6.07) is 5.21. The van der Waals surface area contributed by atoms with Crippen LogP contribution >= 0.6 is 0 Å². The minimum atomic E-state index is -4.54. The van der Waals surface area contributed by atoms with Crippen molar-refractivity contribution in [3.05, 3.63) is 35.5 Å². The summed E-state index contributed by atoms with van der Waals surface area (Å²) in [5, 5.41) is 8.69. The van der Waals surface area contributed by atoms with Gasteiger partial charge in [-0.25, -0.2) is 4.98 Å². The van der Waals surface area contributed by atoms with E-state index in [0.29, 0.717) is 5.69 Å². The van der Waals surface area contributed by atoms with E-state index in [1.54, 1.807) is 18.2 Å². The molecule has 4 rings (SSSR count). The summed E-state index contributed by atoms with van der Waals surface area (Å²) < 4.78 is 40.3. The standard InChI is InChI=1S/C20H22F3N5O/c21-20(22,23)15-11-24-19(28-18(15)25-13-5-3-1-2-4-6-13)26-14-7-8-16-12(9-14)10-17(29)27-16/h7-9,11,13H,1-6,10H2,(H,27,29)(H2,24,25,26,28). The smallest absolute Gasteiger partial charge is 0.367 e. The lowest BCUT2D eigenvalue weighted by molar-refractivity contribution is -0.137. The van der Waals surface area contributed by atoms with Crippen LogP contribution in [0.2, 0.25) is 0 Å². The minimum Gasteiger partial charge on any atom is -0.367 e. The third-order valence-corrected chi connectivity index (χ3v) is 5.28. The number of amides is 1. The van der Waals surface area contributed by atoms with Crippen LogP contribution in [0.5, 0.6) is 0 Å². The van der Waals surface area contributed by atoms with Crippen molar-refractivity contribution in [3.8, 4) is 0 Å². The van der Waals surface area contributed by atoms with Crippen molar-refractivity contribution >= 4 is 29.0 Å². The van der Waals surface area contributed by atoms with E-state index < -0.39 is 11.7 Å². The van der Waals surface area contributed by atoms with Crippen molar-refractivity contribution in [3.63, 3.8) is 0 Å². The zero-order valence-corrected chi connectivity index (χ0v) is 15.8. The molecule has 1 aromatic heterocycles. The lowest BCUT2D eigenvalue weighted by Crippen LogP contribution is -2.23. The van der Waals surface area contributed by atoms with E-state index in [9.17, 15) is 18.0 Å². The highest BCUT2D eigenvalue weighted by Crippen LogP contribution is 2.35. The molecule has 1 aliphatic heterocycles. The van der Waals surface area contributed by atoms with Gasteiger partial charge in [0, 0.05) is 23.6 Å². The van der Waals surface area contributed by atoms with Crippen molar-refractivity contribution in [2.75, 3.05) is 16.0 Å². The van der Waals surface area contributed by atoms with Crippen LogP contribution in [-0.2, 0) is 17.4 Å². The van der Waals surface area contributed by atoms with E-state index in [-0.39, 0.29) is 30.1 Å². The van der Waals surface area contributed by atoms with Gasteiger partial charge in [-0.15, -0.1) is 0 Å². The lowest BCUT2D eigenvalue weighted by atomic mass is 10.1. The molecule has 0 spiro atoms. The SMILES string of the molecule is O=C1Cc2cc(Nc3ncc(C(F)(F)F)c(NC4CCCCCC4)n3)ccc2N1. The van der Waals surface area contributed by atoms with Crippen molar-refractivity contribution < 1.29 is 18.0 Å². The van der Waals surface area contributed by atoms with Gasteiger partial charge in [-0.05, 0) is 36.6 Å². The Morgan fingerprint density at radius 1 is 1.10 bits per heavy atom. The van der Waals surface area contributed by atoms with E-state index in [2.05, 4.69) is 25.9 Å². The van der Waals surface area contributed by atoms with Gasteiger partial charge in [0.15, 0.2) is 0 Å². The van der Waals surface area contributed by atoms with Gasteiger partial charge >= 0.3 is 6.18 Å². The number of alkyl halides is 3. The van der Waals surface area contributed by atoms with Crippen LogP contribution in [0.4, 0.5) is 36.3 Å². The molecule has 2 aliphatic rings. The summed E-state index contributed by atoms with van der Waals surface area (Å²) in [4.78, 5) is 19.5. The van der Waals surface area contributed by atoms with Crippen LogP contribution in [0, 0.1) is 0 Å². The monoisotopic (exact) mass is 405 g/mol. The van der Waals surface area contributed by atoms with Gasteiger partial charge in [0.2, 0.25) is 11.9 Å². The number of benzene rings is 1. The maximum absolute atomic E-state index is 13.4. The summed E-state index contributed by atoms with van der Waals surface area (Å²) in [7, 11) is 0. The largest absolute Gasteiger partial charge is 0.421 e. The summed E-state index contributed by atoms with van der Waals surface area (Å²) in [5.74, 6) is -0.205. The predicted molar refractivity (Wildman–Crippen MR) is 104 cm³/mol. The Labute approximate surface area is 166 Å². The first kappa shape index (κ1) is 19.5. The zero-order valence-electron chi connectivity index (χ0n) is 15.8. The molecule has 154 valence electrons. The average molecular weight is 405 g/mol. The Morgan fingerprint density at radius 3 is 2.59 bits per heavy atom. The number of rotatable bonds is 4. The molecule has 2 heterocycles. The molecular weight excluding hydrogens is 383 g/mol. The molecule has 1 amide bonds. The molecule has 3 N–H and O–H groups in total. The second-order valence-electron chi connectivity index (χ2n) is 7.51. The summed E-state index contributed by atoms with van der Waals surface area (Å²) in [6.07, 6.45) is 2.42. The average Bonchev–Trinajstić information content (AvgIpc) is 2.84. The molecule has 1 saturated carbocycles. The normalized spacial score (nSPS) is 17.4. The molecule has 0 radical (unpaired) electrons. The highest BCUT2D eigenvalue weighted by molar-refractivity contribution is 5.99. The summed E-state index contributed by atoms with van der Waals surface area (Å²) in [5.41, 5.74) is 1.31. The number of aromatic nitrogens is 2. The molecule has 1 aromatic carbocycles. The number of carbonyl (C=O) groups excluding carboxylic acids is 1. The van der Waals surface area contributed by atoms with Gasteiger partial charge in [-0.1, -0.05) is 25.7 Å². The number of carbonyl (C=O) groups is 1. The predicted octanol–water partition coefficient (Wildman–Crippen LogP) is 4.87. The first-order valence-corrected chi connectivity index (χ1v) is 9.79. The van der Waals surface area contributed by atoms with E-state index in [1.165, 1.54) is 0 Å². The molecule has 0 bridgehead atoms. The maximum Gasteiger partial charge on any atom is 0.421 e. The molecule has 0 unspecified atom stereocenters. The van der Waals surface area contributed by atoms with Crippen LogP contribution in [0.3, 0.4) is 0 Å². The maximum atomic E-state index is 13.4. The molecule has 0 atom stereocenters. The van der Waals surface area contributed by atoms with Gasteiger partial charge < -0.3 is 16.0 Å². The Bertz CT molecular complexity index is 907. The third-order valence-electron chi connectivity index (χ3n) is 5.28. The molecule has 1 fully saturated rings. The summed E-state index contributed by atoms with van der Waals surface area (Å²) >= 11 is 0. The van der Waals surface area contributed by atoms with Gasteiger partial charge in [0.05, 0.1) is 6.42 Å². The third kappa shape index (κ3) is 4.60. The van der Waals surface area contributed by atoms with Crippen LogP contribution in [0.1, 0.15) is 49.7 Å². The Hall–Kier alpha value is -2.84. The highest BCUT2D eigenvalue weighted by Gasteiger charge is 2.36. The molecule has 1 aliphatic carbocycles. The van der Waals surface area contributed by atoms with E-state index in [0.717, 1.165) is 56.0 Å². The van der Waals surface area contributed by atoms with Crippen LogP contribution in [0.15, 0.2) is 24.4 Å². The van der Waals surface area contributed by atoms with E-state index in [1.807, 2.05) is 0 Å². The number of halogens is 3. The number of fused-ring (bicyclic) bond motifs is 1. The van der Waals surface area contributed by atoms with Crippen molar-refractivity contribution in [1.29, 1.82) is 0 Å². The van der Waals surface area contributed by atoms with Crippen LogP contribution in [0.25, 0.3) is 0 Å². The summed E-state index contributed by atoms with van der Waals surface area (Å²) in [6.45, 7) is 0. The van der Waals surface area contributed by atoms with Gasteiger partial charge in [0.1, 0.15) is 11.4 Å². The zero-order chi connectivity index (χ0) is 20.4. The number of anilines is 4. The molecule has 2 aromatic rings. The van der Waals surface area contributed by atoms with Crippen molar-refractivity contribution in [2.24, 2.45) is 0 Å². The fourth-order valence-electron chi connectivity index (χ4n) is 3.81. The first-order chi connectivity index (χ1) is 13.9. The highest BCUT2D eigenvalue weighted by atomic mass is 19.4. The van der Waals surface area contributed by atoms with Crippen LogP contribution in [-0.4, -0.2) is 21.9 Å². The lowest BCUT2D eigenvalue weighted by Gasteiger charge is -2.20. The van der Waals surface area contributed by atoms with Gasteiger partial charge in [0.25, 0.3) is 0 Å². The number of hydrogen-bond donors (Lipinski definition) is 3. The molecule has 9 heteroatoms. The van der Waals surface area contributed by atoms with Crippen molar-refractivity contribution in [2.45, 2.75) is 57.2 Å². The number of nitrogens with zero attached hydrogens (tertiary/aromatic N) is 2. The Kier molecular flexibility index (Phi) is 5.29. The second-order valence-corrected chi connectivity index (χ2v) is 7.51. The molecule has 6 nitrogen and oxygen atoms in total. The Balaban J connectivity index is 1.58. The second kappa shape index (κ2) is 7.88. The fourth-order valence-corrected chi connectivity index (χ4v) is 3.81. The number of nitrogens with one attached hydrogen (secondary N) is 3. The van der Waals surface area contributed by atoms with E-state index in [4.69, 9.17) is 0 Å². The quantitative estimate of drug-likeness (QED) is 0.633. The van der Waals surface area contributed by atoms with Gasteiger partial charge in [-0.3, -0.25) is 4.79 Å². The van der Waals surface area contributed by atoms with Crippen LogP contribution < -0.4 is 16.0 Å². The van der Waals surface area contributed by atoms with Gasteiger partial charge in [-0.2, -0.15) is 18.2 Å². The molecule has 0 saturated heterocycles. The fraction of sp³-hybridized carbons (Fsp3) is 0.450. The minimum absolute atomic E-state index is 0.0292. The van der Waals surface area contributed by atoms with Crippen molar-refractivity contribution in [1.82, 2.24) is 9.97 Å². The molecule has 29 heavy (non-hydrogen) atoms. The Morgan fingerprint density at radius 2 is 1.86 bits per heavy atom. The topological polar surface area (TPSA) is 78.9 Å². The van der Waals surface area contributed by atoms with E-state index >= 15 is 0 Å². The first-order valence-electron chi connectivity index (χ1n) is 9.79. The number of hydrogen-bond acceptors (Lipinski definition) is 5. The molecular formula is C20H22F3N5O.